The normalized spacial score (nSPS) is 10.5. The third kappa shape index (κ3) is 6.26. The summed E-state index contributed by atoms with van der Waals surface area (Å²) in [4.78, 5) is 29.0. The second-order valence-corrected chi connectivity index (χ2v) is 8.01. The minimum atomic E-state index is -0.432. The van der Waals surface area contributed by atoms with Gasteiger partial charge in [-0.25, -0.2) is 9.37 Å². The first-order chi connectivity index (χ1) is 17.4. The molecule has 1 aromatic heterocycles. The molecule has 0 aliphatic heterocycles. The van der Waals surface area contributed by atoms with E-state index in [0.717, 1.165) is 11.1 Å². The highest BCUT2D eigenvalue weighted by atomic mass is 19.1. The fourth-order valence-electron chi connectivity index (χ4n) is 3.61. The number of carbonyl (C=O) groups excluding carboxylic acids is 2. The smallest absolute Gasteiger partial charge is 0.275 e. The van der Waals surface area contributed by atoms with E-state index in [1.54, 1.807) is 49.5 Å². The van der Waals surface area contributed by atoms with Crippen molar-refractivity contribution in [3.63, 3.8) is 0 Å². The second kappa shape index (κ2) is 11.2. The summed E-state index contributed by atoms with van der Waals surface area (Å²) in [5.74, 6) is 0.167. The number of nitrogens with zero attached hydrogens (tertiary/aromatic N) is 2. The summed E-state index contributed by atoms with van der Waals surface area (Å²) in [6.07, 6.45) is 3.37. The summed E-state index contributed by atoms with van der Waals surface area (Å²) in [5.41, 5.74) is 3.02. The van der Waals surface area contributed by atoms with Crippen LogP contribution in [0.2, 0.25) is 0 Å². The van der Waals surface area contributed by atoms with Crippen LogP contribution in [0.3, 0.4) is 0 Å². The summed E-state index contributed by atoms with van der Waals surface area (Å²) < 4.78 is 25.6. The highest BCUT2D eigenvalue weighted by molar-refractivity contribution is 6.02. The number of ether oxygens (including phenoxy) is 2. The zero-order valence-electron chi connectivity index (χ0n) is 19.8. The Balaban J connectivity index is 1.31. The van der Waals surface area contributed by atoms with Gasteiger partial charge in [-0.1, -0.05) is 24.3 Å². The lowest BCUT2D eigenvalue weighted by atomic mass is 10.1. The maximum atomic E-state index is 13.3. The highest BCUT2D eigenvalue weighted by Crippen LogP contribution is 2.27. The lowest BCUT2D eigenvalue weighted by molar-refractivity contribution is -0.115. The summed E-state index contributed by atoms with van der Waals surface area (Å²) in [6.45, 7) is 0.486. The van der Waals surface area contributed by atoms with Gasteiger partial charge in [0.15, 0.2) is 11.5 Å². The highest BCUT2D eigenvalue weighted by Gasteiger charge is 2.11. The van der Waals surface area contributed by atoms with Gasteiger partial charge in [-0.2, -0.15) is 0 Å². The molecule has 0 unspecified atom stereocenters. The molecule has 8 nitrogen and oxygen atoms in total. The van der Waals surface area contributed by atoms with Crippen LogP contribution in [0.4, 0.5) is 15.8 Å². The Morgan fingerprint density at radius 3 is 2.36 bits per heavy atom. The molecule has 184 valence electrons. The van der Waals surface area contributed by atoms with Gasteiger partial charge in [0.1, 0.15) is 11.5 Å². The van der Waals surface area contributed by atoms with E-state index in [9.17, 15) is 14.0 Å². The van der Waals surface area contributed by atoms with Gasteiger partial charge in [-0.15, -0.1) is 0 Å². The molecule has 4 rings (SSSR count). The monoisotopic (exact) mass is 488 g/mol. The Bertz CT molecular complexity index is 1370. The topological polar surface area (TPSA) is 94.5 Å². The molecular weight excluding hydrogens is 463 g/mol. The first-order valence-electron chi connectivity index (χ1n) is 11.1. The van der Waals surface area contributed by atoms with Crippen molar-refractivity contribution in [3.05, 3.63) is 102 Å². The van der Waals surface area contributed by atoms with E-state index in [1.807, 2.05) is 30.3 Å². The lowest BCUT2D eigenvalue weighted by Gasteiger charge is -2.10. The van der Waals surface area contributed by atoms with Crippen molar-refractivity contribution in [1.29, 1.82) is 0 Å². The molecule has 2 N–H and O–H groups in total. The van der Waals surface area contributed by atoms with Crippen LogP contribution in [0.25, 0.3) is 0 Å². The van der Waals surface area contributed by atoms with Crippen LogP contribution in [0.15, 0.2) is 79.3 Å². The number of imidazole rings is 1. The van der Waals surface area contributed by atoms with Gasteiger partial charge >= 0.3 is 0 Å². The first kappa shape index (κ1) is 24.5. The molecule has 0 saturated heterocycles. The van der Waals surface area contributed by atoms with Gasteiger partial charge in [0.25, 0.3) is 5.91 Å². The van der Waals surface area contributed by atoms with E-state index in [0.29, 0.717) is 29.4 Å². The van der Waals surface area contributed by atoms with Gasteiger partial charge < -0.3 is 24.7 Å². The van der Waals surface area contributed by atoms with Gasteiger partial charge in [0, 0.05) is 24.1 Å². The number of halogens is 1. The van der Waals surface area contributed by atoms with Crippen LogP contribution < -0.4 is 20.1 Å². The van der Waals surface area contributed by atoms with Gasteiger partial charge in [0.05, 0.1) is 27.0 Å². The Hall–Kier alpha value is -4.66. The molecule has 0 fully saturated rings. The molecule has 0 saturated carbocycles. The van der Waals surface area contributed by atoms with E-state index in [-0.39, 0.29) is 18.0 Å². The number of methoxy groups -OCH3 is 2. The Labute approximate surface area is 207 Å². The molecule has 2 amide bonds. The number of nitrogens with one attached hydrogen (secondary N) is 2. The van der Waals surface area contributed by atoms with E-state index < -0.39 is 11.7 Å². The number of hydrogen-bond acceptors (Lipinski definition) is 5. The molecule has 3 aromatic carbocycles. The molecule has 0 spiro atoms. The van der Waals surface area contributed by atoms with Crippen molar-refractivity contribution >= 4 is 23.2 Å². The van der Waals surface area contributed by atoms with Crippen LogP contribution in [-0.4, -0.2) is 35.6 Å². The number of anilines is 2. The fraction of sp³-hybridized carbons (Fsp3) is 0.148. The summed E-state index contributed by atoms with van der Waals surface area (Å²) in [5, 5.41) is 5.51. The molecule has 1 heterocycles. The maximum Gasteiger partial charge on any atom is 0.275 e. The zero-order chi connectivity index (χ0) is 25.5. The van der Waals surface area contributed by atoms with Gasteiger partial charge in [0.2, 0.25) is 5.91 Å². The quantitative estimate of drug-likeness (QED) is 0.361. The van der Waals surface area contributed by atoms with E-state index >= 15 is 0 Å². The fourth-order valence-corrected chi connectivity index (χ4v) is 3.61. The molecule has 0 bridgehead atoms. The summed E-state index contributed by atoms with van der Waals surface area (Å²) in [6, 6.07) is 18.4. The van der Waals surface area contributed by atoms with Gasteiger partial charge in [-0.05, 0) is 53.6 Å². The number of rotatable bonds is 9. The van der Waals surface area contributed by atoms with Crippen LogP contribution >= 0.6 is 0 Å². The summed E-state index contributed by atoms with van der Waals surface area (Å²) >= 11 is 0. The minimum Gasteiger partial charge on any atom is -0.493 e. The average Bonchev–Trinajstić information content (AvgIpc) is 3.34. The number of amides is 2. The van der Waals surface area contributed by atoms with Crippen molar-refractivity contribution in [2.75, 3.05) is 24.9 Å². The Morgan fingerprint density at radius 1 is 0.889 bits per heavy atom. The predicted molar refractivity (Wildman–Crippen MR) is 134 cm³/mol. The van der Waals surface area contributed by atoms with Crippen molar-refractivity contribution < 1.29 is 23.5 Å². The van der Waals surface area contributed by atoms with Crippen molar-refractivity contribution in [2.45, 2.75) is 13.0 Å². The Morgan fingerprint density at radius 2 is 1.64 bits per heavy atom. The molecule has 0 radical (unpaired) electrons. The van der Waals surface area contributed by atoms with Crippen LogP contribution in [0.5, 0.6) is 11.5 Å². The zero-order valence-corrected chi connectivity index (χ0v) is 19.8. The SMILES string of the molecule is COc1ccc(CC(=O)Nc2ccc(Cn3cnc(C(=O)Nc4cccc(F)c4)c3)cc2)cc1OC. The van der Waals surface area contributed by atoms with E-state index in [1.165, 1.54) is 18.2 Å². The van der Waals surface area contributed by atoms with E-state index in [4.69, 9.17) is 9.47 Å². The molecule has 9 heteroatoms. The number of aromatic nitrogens is 2. The lowest BCUT2D eigenvalue weighted by Crippen LogP contribution is -2.14. The number of carbonyl (C=O) groups is 2. The summed E-state index contributed by atoms with van der Waals surface area (Å²) in [7, 11) is 3.11. The van der Waals surface area contributed by atoms with Crippen LogP contribution in [0.1, 0.15) is 21.6 Å². The average molecular weight is 489 g/mol. The van der Waals surface area contributed by atoms with Crippen LogP contribution in [0, 0.1) is 5.82 Å². The first-order valence-corrected chi connectivity index (χ1v) is 11.1. The molecule has 0 aliphatic rings. The van der Waals surface area contributed by atoms with Gasteiger partial charge in [-0.3, -0.25) is 9.59 Å². The van der Waals surface area contributed by atoms with E-state index in [2.05, 4.69) is 15.6 Å². The third-order valence-electron chi connectivity index (χ3n) is 5.36. The maximum absolute atomic E-state index is 13.3. The number of benzene rings is 3. The van der Waals surface area contributed by atoms with Crippen molar-refractivity contribution in [1.82, 2.24) is 9.55 Å². The van der Waals surface area contributed by atoms with Crippen molar-refractivity contribution in [2.24, 2.45) is 0 Å². The number of hydrogen-bond donors (Lipinski definition) is 2. The second-order valence-electron chi connectivity index (χ2n) is 8.01. The largest absolute Gasteiger partial charge is 0.493 e. The van der Waals surface area contributed by atoms with Crippen molar-refractivity contribution in [3.8, 4) is 11.5 Å². The Kier molecular flexibility index (Phi) is 7.60. The molecule has 0 aliphatic carbocycles. The predicted octanol–water partition coefficient (Wildman–Crippen LogP) is 4.52. The third-order valence-corrected chi connectivity index (χ3v) is 5.36. The molecule has 0 atom stereocenters. The molecular formula is C27H25FN4O4. The minimum absolute atomic E-state index is 0.154. The molecule has 36 heavy (non-hydrogen) atoms. The van der Waals surface area contributed by atoms with Crippen LogP contribution in [-0.2, 0) is 17.8 Å². The standard InChI is InChI=1S/C27H25FN4O4/c1-35-24-11-8-19(12-25(24)36-2)13-26(33)30-21-9-6-18(7-10-21)15-32-16-23(29-17-32)27(34)31-22-5-3-4-20(28)14-22/h3-12,14,16-17H,13,15H2,1-2H3,(H,30,33)(H,31,34). The molecule has 4 aromatic rings.